The Morgan fingerprint density at radius 3 is 2.63 bits per heavy atom. The molecule has 0 saturated carbocycles. The molecule has 0 spiro atoms. The van der Waals surface area contributed by atoms with Gasteiger partial charge in [0, 0.05) is 24.7 Å². The Balaban J connectivity index is 1.88. The van der Waals surface area contributed by atoms with Crippen LogP contribution in [0.15, 0.2) is 18.2 Å². The Morgan fingerprint density at radius 2 is 1.89 bits per heavy atom. The minimum Gasteiger partial charge on any atom is -0.395 e. The summed E-state index contributed by atoms with van der Waals surface area (Å²) < 4.78 is 34.3. The third-order valence-corrected chi connectivity index (χ3v) is 2.96. The summed E-state index contributed by atoms with van der Waals surface area (Å²) in [5.41, 5.74) is 0.414. The first-order valence-electron chi connectivity index (χ1n) is 5.66. The number of amides is 1. The molecule has 2 heterocycles. The molecule has 7 heteroatoms. The van der Waals surface area contributed by atoms with Crippen LogP contribution in [0.5, 0.6) is 11.5 Å². The van der Waals surface area contributed by atoms with Crippen molar-refractivity contribution in [1.82, 2.24) is 0 Å². The lowest BCUT2D eigenvalue weighted by molar-refractivity contribution is -0.286. The predicted octanol–water partition coefficient (Wildman–Crippen LogP) is 1.70. The third-order valence-electron chi connectivity index (χ3n) is 2.96. The molecule has 3 rings (SSSR count). The molecule has 1 aromatic carbocycles. The van der Waals surface area contributed by atoms with E-state index in [-0.39, 0.29) is 42.6 Å². The number of anilines is 1. The highest BCUT2D eigenvalue weighted by Crippen LogP contribution is 2.43. The zero-order chi connectivity index (χ0) is 13.6. The number of hydrogen-bond acceptors (Lipinski definition) is 4. The molecule has 1 saturated heterocycles. The second-order valence-corrected chi connectivity index (χ2v) is 4.31. The van der Waals surface area contributed by atoms with Crippen LogP contribution in [0, 0.1) is 0 Å². The standard InChI is InChI=1S/C12H9F2NO4/c13-12(14)18-9-2-1-7(5-10(9)19-12)15-4-3-8(16)6-11(15)17/h1-2,5H,3-4,6H2. The number of nitrogens with zero attached hydrogens (tertiary/aromatic N) is 1. The van der Waals surface area contributed by atoms with Crippen LogP contribution in [0.4, 0.5) is 14.5 Å². The maximum atomic E-state index is 12.9. The quantitative estimate of drug-likeness (QED) is 0.728. The average molecular weight is 269 g/mol. The van der Waals surface area contributed by atoms with Crippen molar-refractivity contribution in [3.63, 3.8) is 0 Å². The smallest absolute Gasteiger partial charge is 0.395 e. The summed E-state index contributed by atoms with van der Waals surface area (Å²) in [6.45, 7) is 0.244. The highest BCUT2D eigenvalue weighted by molar-refractivity contribution is 6.08. The maximum absolute atomic E-state index is 12.9. The molecule has 0 aliphatic carbocycles. The number of ketones is 1. The number of carbonyl (C=O) groups excluding carboxylic acids is 2. The molecule has 0 N–H and O–H groups in total. The van der Waals surface area contributed by atoms with Crippen molar-refractivity contribution in [2.75, 3.05) is 11.4 Å². The molecule has 1 fully saturated rings. The van der Waals surface area contributed by atoms with Gasteiger partial charge in [0.15, 0.2) is 11.5 Å². The molecule has 0 unspecified atom stereocenters. The van der Waals surface area contributed by atoms with Crippen LogP contribution in [0.25, 0.3) is 0 Å². The van der Waals surface area contributed by atoms with Crippen molar-refractivity contribution >= 4 is 17.4 Å². The number of rotatable bonds is 1. The number of piperidine rings is 1. The lowest BCUT2D eigenvalue weighted by atomic mass is 10.1. The van der Waals surface area contributed by atoms with E-state index in [1.165, 1.54) is 23.1 Å². The van der Waals surface area contributed by atoms with Gasteiger partial charge in [0.1, 0.15) is 5.78 Å². The monoisotopic (exact) mass is 269 g/mol. The van der Waals surface area contributed by atoms with Crippen LogP contribution in [0.1, 0.15) is 12.8 Å². The third kappa shape index (κ3) is 2.11. The van der Waals surface area contributed by atoms with Crippen molar-refractivity contribution in [2.45, 2.75) is 19.1 Å². The second kappa shape index (κ2) is 3.91. The normalized spacial score (nSPS) is 20.8. The molecule has 19 heavy (non-hydrogen) atoms. The number of fused-ring (bicyclic) bond motifs is 1. The van der Waals surface area contributed by atoms with E-state index in [1.807, 2.05) is 0 Å². The van der Waals surface area contributed by atoms with Crippen LogP contribution in [0.3, 0.4) is 0 Å². The Bertz CT molecular complexity index is 573. The Morgan fingerprint density at radius 1 is 1.16 bits per heavy atom. The molecule has 1 aromatic rings. The van der Waals surface area contributed by atoms with E-state index in [1.54, 1.807) is 0 Å². The summed E-state index contributed by atoms with van der Waals surface area (Å²) in [4.78, 5) is 24.2. The van der Waals surface area contributed by atoms with Crippen molar-refractivity contribution in [3.8, 4) is 11.5 Å². The van der Waals surface area contributed by atoms with E-state index >= 15 is 0 Å². The van der Waals surface area contributed by atoms with Crippen molar-refractivity contribution < 1.29 is 27.8 Å². The summed E-state index contributed by atoms with van der Waals surface area (Å²) in [6.07, 6.45) is -3.58. The molecule has 0 atom stereocenters. The fourth-order valence-electron chi connectivity index (χ4n) is 2.09. The fraction of sp³-hybridized carbons (Fsp3) is 0.333. The highest BCUT2D eigenvalue weighted by atomic mass is 19.3. The van der Waals surface area contributed by atoms with Crippen LogP contribution >= 0.6 is 0 Å². The Kier molecular flexibility index (Phi) is 2.44. The van der Waals surface area contributed by atoms with Gasteiger partial charge in [0.2, 0.25) is 5.91 Å². The van der Waals surface area contributed by atoms with Gasteiger partial charge in [-0.25, -0.2) is 0 Å². The zero-order valence-electron chi connectivity index (χ0n) is 9.69. The van der Waals surface area contributed by atoms with Gasteiger partial charge < -0.3 is 14.4 Å². The molecule has 100 valence electrons. The number of carbonyl (C=O) groups is 2. The van der Waals surface area contributed by atoms with E-state index in [9.17, 15) is 18.4 Å². The minimum absolute atomic E-state index is 0.0747. The molecule has 2 aliphatic rings. The summed E-state index contributed by atoms with van der Waals surface area (Å²) in [6, 6.07) is 4.11. The maximum Gasteiger partial charge on any atom is 0.586 e. The Labute approximate surface area is 106 Å². The summed E-state index contributed by atoms with van der Waals surface area (Å²) in [5, 5.41) is 0. The molecular weight excluding hydrogens is 260 g/mol. The van der Waals surface area contributed by atoms with Gasteiger partial charge in [-0.3, -0.25) is 9.59 Å². The van der Waals surface area contributed by atoms with Gasteiger partial charge in [-0.1, -0.05) is 0 Å². The van der Waals surface area contributed by atoms with Crippen molar-refractivity contribution in [1.29, 1.82) is 0 Å². The van der Waals surface area contributed by atoms with E-state index in [2.05, 4.69) is 9.47 Å². The first-order valence-corrected chi connectivity index (χ1v) is 5.66. The van der Waals surface area contributed by atoms with Crippen LogP contribution in [-0.4, -0.2) is 24.5 Å². The molecule has 2 aliphatic heterocycles. The number of alkyl halides is 2. The van der Waals surface area contributed by atoms with Gasteiger partial charge in [0.05, 0.1) is 6.42 Å². The van der Waals surface area contributed by atoms with Crippen LogP contribution in [0.2, 0.25) is 0 Å². The fourth-order valence-corrected chi connectivity index (χ4v) is 2.09. The molecule has 5 nitrogen and oxygen atoms in total. The summed E-state index contributed by atoms with van der Waals surface area (Å²) in [7, 11) is 0. The van der Waals surface area contributed by atoms with Gasteiger partial charge in [0.25, 0.3) is 0 Å². The number of Topliss-reactive ketones (excluding diaryl/α,β-unsaturated/α-hetero) is 1. The summed E-state index contributed by atoms with van der Waals surface area (Å²) >= 11 is 0. The zero-order valence-corrected chi connectivity index (χ0v) is 9.69. The lowest BCUT2D eigenvalue weighted by Gasteiger charge is -2.26. The summed E-state index contributed by atoms with van der Waals surface area (Å²) in [5.74, 6) is -0.656. The van der Waals surface area contributed by atoms with Crippen molar-refractivity contribution in [3.05, 3.63) is 18.2 Å². The second-order valence-electron chi connectivity index (χ2n) is 4.31. The largest absolute Gasteiger partial charge is 0.586 e. The van der Waals surface area contributed by atoms with Gasteiger partial charge in [-0.15, -0.1) is 8.78 Å². The molecule has 0 bridgehead atoms. The van der Waals surface area contributed by atoms with Crippen LogP contribution < -0.4 is 14.4 Å². The average Bonchev–Trinajstić information content (AvgIpc) is 2.61. The van der Waals surface area contributed by atoms with Gasteiger partial charge >= 0.3 is 6.29 Å². The number of benzene rings is 1. The molecule has 0 aromatic heterocycles. The SMILES string of the molecule is O=C1CCN(c2ccc3c(c2)OC(F)(F)O3)C(=O)C1. The lowest BCUT2D eigenvalue weighted by Crippen LogP contribution is -2.38. The molecular formula is C12H9F2NO4. The van der Waals surface area contributed by atoms with E-state index in [4.69, 9.17) is 0 Å². The number of halogens is 2. The Hall–Kier alpha value is -2.18. The van der Waals surface area contributed by atoms with E-state index in [0.717, 1.165) is 0 Å². The van der Waals surface area contributed by atoms with Gasteiger partial charge in [-0.2, -0.15) is 0 Å². The predicted molar refractivity (Wildman–Crippen MR) is 59.2 cm³/mol. The van der Waals surface area contributed by atoms with Crippen molar-refractivity contribution in [2.24, 2.45) is 0 Å². The first-order chi connectivity index (χ1) is 8.94. The van der Waals surface area contributed by atoms with Gasteiger partial charge in [-0.05, 0) is 12.1 Å². The topological polar surface area (TPSA) is 55.8 Å². The van der Waals surface area contributed by atoms with E-state index in [0.29, 0.717) is 5.69 Å². The number of ether oxygens (including phenoxy) is 2. The first kappa shape index (κ1) is 11.9. The van der Waals surface area contributed by atoms with E-state index < -0.39 is 6.29 Å². The highest BCUT2D eigenvalue weighted by Gasteiger charge is 2.43. The number of hydrogen-bond donors (Lipinski definition) is 0. The molecule has 0 radical (unpaired) electrons. The minimum atomic E-state index is -3.68. The molecule has 1 amide bonds. The van der Waals surface area contributed by atoms with Crippen LogP contribution in [-0.2, 0) is 9.59 Å².